The van der Waals surface area contributed by atoms with Gasteiger partial charge in [0, 0.05) is 4.47 Å². The van der Waals surface area contributed by atoms with Gasteiger partial charge < -0.3 is 10.5 Å². The van der Waals surface area contributed by atoms with E-state index in [4.69, 9.17) is 10.5 Å². The molecular formula is C18H22BrNO. The van der Waals surface area contributed by atoms with Crippen molar-refractivity contribution in [1.29, 1.82) is 0 Å². The smallest absolute Gasteiger partial charge is 0.120 e. The zero-order valence-corrected chi connectivity index (χ0v) is 14.0. The second-order valence-corrected chi connectivity index (χ2v) is 6.30. The normalized spacial score (nSPS) is 12.1. The zero-order valence-electron chi connectivity index (χ0n) is 12.4. The van der Waals surface area contributed by atoms with Crippen LogP contribution in [0.5, 0.6) is 5.75 Å². The molecule has 0 heterocycles. The molecule has 0 aliphatic heterocycles. The second kappa shape index (κ2) is 8.20. The van der Waals surface area contributed by atoms with E-state index in [0.29, 0.717) is 19.1 Å². The van der Waals surface area contributed by atoms with Gasteiger partial charge in [0.05, 0.1) is 6.61 Å². The standard InChI is InChI=1S/C18H22BrNO/c1-14-5-7-15(8-6-14)11-16(13-20)9-10-21-18-4-2-3-17(19)12-18/h2-8,12,16H,9-11,13,20H2,1H3. The molecule has 0 fully saturated rings. The van der Waals surface area contributed by atoms with Crippen molar-refractivity contribution < 1.29 is 4.74 Å². The number of rotatable bonds is 7. The molecule has 2 rings (SSSR count). The lowest BCUT2D eigenvalue weighted by molar-refractivity contribution is 0.278. The minimum Gasteiger partial charge on any atom is -0.494 e. The number of hydrogen-bond acceptors (Lipinski definition) is 2. The number of benzene rings is 2. The average Bonchev–Trinajstić information content (AvgIpc) is 2.48. The molecule has 0 aliphatic rings. The highest BCUT2D eigenvalue weighted by Gasteiger charge is 2.08. The van der Waals surface area contributed by atoms with Crippen LogP contribution in [0, 0.1) is 12.8 Å². The van der Waals surface area contributed by atoms with Gasteiger partial charge in [-0.3, -0.25) is 0 Å². The van der Waals surface area contributed by atoms with Gasteiger partial charge in [0.25, 0.3) is 0 Å². The fraction of sp³-hybridized carbons (Fsp3) is 0.333. The first-order chi connectivity index (χ1) is 10.2. The van der Waals surface area contributed by atoms with Crippen LogP contribution >= 0.6 is 15.9 Å². The molecule has 1 atom stereocenters. The molecule has 112 valence electrons. The van der Waals surface area contributed by atoms with Gasteiger partial charge in [0.15, 0.2) is 0 Å². The molecule has 2 aromatic carbocycles. The quantitative estimate of drug-likeness (QED) is 0.808. The number of nitrogens with two attached hydrogens (primary N) is 1. The van der Waals surface area contributed by atoms with Crippen molar-refractivity contribution in [3.63, 3.8) is 0 Å². The third-order valence-electron chi connectivity index (χ3n) is 3.57. The van der Waals surface area contributed by atoms with Gasteiger partial charge in [-0.2, -0.15) is 0 Å². The fourth-order valence-corrected chi connectivity index (χ4v) is 2.64. The highest BCUT2D eigenvalue weighted by atomic mass is 79.9. The van der Waals surface area contributed by atoms with Crippen LogP contribution in [0.15, 0.2) is 53.0 Å². The molecule has 2 aromatic rings. The lowest BCUT2D eigenvalue weighted by Crippen LogP contribution is -2.19. The molecule has 0 radical (unpaired) electrons. The minimum absolute atomic E-state index is 0.458. The first kappa shape index (κ1) is 16.1. The molecule has 0 amide bonds. The van der Waals surface area contributed by atoms with E-state index in [0.717, 1.165) is 23.1 Å². The predicted molar refractivity (Wildman–Crippen MR) is 91.7 cm³/mol. The molecular weight excluding hydrogens is 326 g/mol. The van der Waals surface area contributed by atoms with Crippen LogP contribution in [0.3, 0.4) is 0 Å². The van der Waals surface area contributed by atoms with Gasteiger partial charge in [-0.25, -0.2) is 0 Å². The predicted octanol–water partition coefficient (Wildman–Crippen LogP) is 4.34. The van der Waals surface area contributed by atoms with Crippen molar-refractivity contribution in [2.45, 2.75) is 19.8 Å². The Labute approximate surface area is 135 Å². The number of halogens is 1. The van der Waals surface area contributed by atoms with Crippen molar-refractivity contribution in [2.75, 3.05) is 13.2 Å². The number of aryl methyl sites for hydroxylation is 1. The molecule has 0 aliphatic carbocycles. The van der Waals surface area contributed by atoms with Gasteiger partial charge in [-0.05, 0) is 56.0 Å². The van der Waals surface area contributed by atoms with E-state index in [1.807, 2.05) is 24.3 Å². The monoisotopic (exact) mass is 347 g/mol. The lowest BCUT2D eigenvalue weighted by atomic mass is 9.96. The Bertz CT molecular complexity index is 553. The van der Waals surface area contributed by atoms with Crippen molar-refractivity contribution in [3.8, 4) is 5.75 Å². The van der Waals surface area contributed by atoms with E-state index in [1.54, 1.807) is 0 Å². The Balaban J connectivity index is 1.81. The maximum Gasteiger partial charge on any atom is 0.120 e. The SMILES string of the molecule is Cc1ccc(CC(CN)CCOc2cccc(Br)c2)cc1. The summed E-state index contributed by atoms with van der Waals surface area (Å²) in [5.41, 5.74) is 8.53. The van der Waals surface area contributed by atoms with E-state index in [9.17, 15) is 0 Å². The lowest BCUT2D eigenvalue weighted by Gasteiger charge is -2.15. The highest BCUT2D eigenvalue weighted by Crippen LogP contribution is 2.19. The van der Waals surface area contributed by atoms with Crippen LogP contribution in [0.2, 0.25) is 0 Å². The Hall–Kier alpha value is -1.32. The molecule has 0 aromatic heterocycles. The fourth-order valence-electron chi connectivity index (χ4n) is 2.26. The Morgan fingerprint density at radius 1 is 1.14 bits per heavy atom. The molecule has 0 bridgehead atoms. The molecule has 0 spiro atoms. The molecule has 0 saturated heterocycles. The summed E-state index contributed by atoms with van der Waals surface area (Å²) < 4.78 is 6.83. The number of hydrogen-bond donors (Lipinski definition) is 1. The zero-order chi connectivity index (χ0) is 15.1. The van der Waals surface area contributed by atoms with Crippen LogP contribution in [0.1, 0.15) is 17.5 Å². The summed E-state index contributed by atoms with van der Waals surface area (Å²) in [5.74, 6) is 1.36. The van der Waals surface area contributed by atoms with E-state index in [2.05, 4.69) is 47.1 Å². The Morgan fingerprint density at radius 2 is 1.90 bits per heavy atom. The van der Waals surface area contributed by atoms with Crippen molar-refractivity contribution >= 4 is 15.9 Å². The van der Waals surface area contributed by atoms with Gasteiger partial charge in [-0.15, -0.1) is 0 Å². The van der Waals surface area contributed by atoms with Crippen LogP contribution in [-0.4, -0.2) is 13.2 Å². The molecule has 2 nitrogen and oxygen atoms in total. The summed E-state index contributed by atoms with van der Waals surface area (Å²) in [7, 11) is 0. The Morgan fingerprint density at radius 3 is 2.57 bits per heavy atom. The molecule has 3 heteroatoms. The second-order valence-electron chi connectivity index (χ2n) is 5.39. The maximum absolute atomic E-state index is 5.89. The van der Waals surface area contributed by atoms with Crippen LogP contribution in [0.25, 0.3) is 0 Å². The third kappa shape index (κ3) is 5.52. The Kier molecular flexibility index (Phi) is 6.27. The summed E-state index contributed by atoms with van der Waals surface area (Å²) in [4.78, 5) is 0. The molecule has 0 saturated carbocycles. The summed E-state index contributed by atoms with van der Waals surface area (Å²) in [5, 5.41) is 0. The minimum atomic E-state index is 0.458. The summed E-state index contributed by atoms with van der Waals surface area (Å²) in [6, 6.07) is 16.6. The van der Waals surface area contributed by atoms with Crippen molar-refractivity contribution in [1.82, 2.24) is 0 Å². The summed E-state index contributed by atoms with van der Waals surface area (Å²) in [6.45, 7) is 3.50. The van der Waals surface area contributed by atoms with Crippen LogP contribution in [0.4, 0.5) is 0 Å². The van der Waals surface area contributed by atoms with Gasteiger partial charge in [-0.1, -0.05) is 51.8 Å². The first-order valence-corrected chi connectivity index (χ1v) is 8.10. The van der Waals surface area contributed by atoms with Crippen molar-refractivity contribution in [2.24, 2.45) is 11.7 Å². The van der Waals surface area contributed by atoms with Crippen molar-refractivity contribution in [3.05, 3.63) is 64.1 Å². The van der Waals surface area contributed by atoms with E-state index in [1.165, 1.54) is 11.1 Å². The van der Waals surface area contributed by atoms with E-state index < -0.39 is 0 Å². The van der Waals surface area contributed by atoms with E-state index in [-0.39, 0.29) is 0 Å². The van der Waals surface area contributed by atoms with Crippen LogP contribution < -0.4 is 10.5 Å². The number of ether oxygens (including phenoxy) is 1. The van der Waals surface area contributed by atoms with Gasteiger partial charge in [0.2, 0.25) is 0 Å². The molecule has 21 heavy (non-hydrogen) atoms. The van der Waals surface area contributed by atoms with Crippen LogP contribution in [-0.2, 0) is 6.42 Å². The average molecular weight is 348 g/mol. The summed E-state index contributed by atoms with van der Waals surface area (Å²) in [6.07, 6.45) is 1.98. The van der Waals surface area contributed by atoms with Gasteiger partial charge in [0.1, 0.15) is 5.75 Å². The first-order valence-electron chi connectivity index (χ1n) is 7.31. The molecule has 2 N–H and O–H groups in total. The maximum atomic E-state index is 5.89. The van der Waals surface area contributed by atoms with Gasteiger partial charge >= 0.3 is 0 Å². The molecule has 1 unspecified atom stereocenters. The van der Waals surface area contributed by atoms with E-state index >= 15 is 0 Å². The highest BCUT2D eigenvalue weighted by molar-refractivity contribution is 9.10. The summed E-state index contributed by atoms with van der Waals surface area (Å²) >= 11 is 3.45. The largest absolute Gasteiger partial charge is 0.494 e. The topological polar surface area (TPSA) is 35.2 Å². The third-order valence-corrected chi connectivity index (χ3v) is 4.06.